The maximum absolute atomic E-state index is 11.8. The zero-order valence-electron chi connectivity index (χ0n) is 18.3. The number of non-ortho nitro benzene ring substituents is 1. The predicted molar refractivity (Wildman–Crippen MR) is 120 cm³/mol. The molecule has 0 atom stereocenters. The molecule has 0 aliphatic carbocycles. The van der Waals surface area contributed by atoms with E-state index in [-0.39, 0.29) is 17.6 Å². The van der Waals surface area contributed by atoms with Crippen molar-refractivity contribution in [3.05, 3.63) is 69.8 Å². The Morgan fingerprint density at radius 1 is 1.09 bits per heavy atom. The van der Waals surface area contributed by atoms with Crippen molar-refractivity contribution in [3.63, 3.8) is 0 Å². The lowest BCUT2D eigenvalue weighted by Gasteiger charge is -2.33. The molecule has 1 N–H and O–H groups in total. The van der Waals surface area contributed by atoms with Crippen molar-refractivity contribution in [3.8, 4) is 5.75 Å². The van der Waals surface area contributed by atoms with Crippen LogP contribution in [0.15, 0.2) is 53.5 Å². The Kier molecular flexibility index (Phi) is 8.02. The van der Waals surface area contributed by atoms with Gasteiger partial charge in [0, 0.05) is 31.8 Å². The van der Waals surface area contributed by atoms with Gasteiger partial charge in [-0.3, -0.25) is 14.9 Å². The number of rotatable bonds is 7. The van der Waals surface area contributed by atoms with Crippen LogP contribution in [-0.4, -0.2) is 49.1 Å². The summed E-state index contributed by atoms with van der Waals surface area (Å²) in [6.07, 6.45) is 1.40. The Balaban J connectivity index is 1.69. The first kappa shape index (κ1) is 23.1. The van der Waals surface area contributed by atoms with Crippen molar-refractivity contribution < 1.29 is 19.2 Å². The molecule has 0 unspecified atom stereocenters. The fraction of sp³-hybridized carbons (Fsp3) is 0.391. The minimum Gasteiger partial charge on any atom is -0.497 e. The lowest BCUT2D eigenvalue weighted by Crippen LogP contribution is -2.46. The van der Waals surface area contributed by atoms with Crippen molar-refractivity contribution in [1.29, 1.82) is 0 Å². The molecule has 1 aliphatic heterocycles. The summed E-state index contributed by atoms with van der Waals surface area (Å²) in [5.74, 6) is 1.27. The second kappa shape index (κ2) is 11.1. The lowest BCUT2D eigenvalue weighted by molar-refractivity contribution is -0.384. The third-order valence-electron chi connectivity index (χ3n) is 5.50. The second-order valence-electron chi connectivity index (χ2n) is 7.55. The lowest BCUT2D eigenvalue weighted by atomic mass is 9.97. The summed E-state index contributed by atoms with van der Waals surface area (Å²) in [5, 5.41) is 14.2. The normalized spacial score (nSPS) is 14.7. The van der Waals surface area contributed by atoms with Gasteiger partial charge in [0.25, 0.3) is 5.69 Å². The molecule has 3 rings (SSSR count). The molecule has 1 heterocycles. The van der Waals surface area contributed by atoms with Gasteiger partial charge in [-0.15, -0.1) is 0 Å². The first-order chi connectivity index (χ1) is 15.5. The maximum Gasteiger partial charge on any atom is 0.308 e. The monoisotopic (exact) mass is 440 g/mol. The minimum atomic E-state index is -0.412. The fourth-order valence-electron chi connectivity index (χ4n) is 3.58. The van der Waals surface area contributed by atoms with E-state index in [4.69, 9.17) is 14.5 Å². The Labute approximate surface area is 187 Å². The fourth-order valence-corrected chi connectivity index (χ4v) is 3.58. The SMILES string of the molecule is COC(=O)C1CCN(C(=NCc2ccc(OC)cc2)NCc2ccc([N+](=O)[O-])cc2)CC1. The Morgan fingerprint density at radius 3 is 2.28 bits per heavy atom. The number of nitro benzene ring substituents is 1. The van der Waals surface area contributed by atoms with Gasteiger partial charge in [0.05, 0.1) is 31.6 Å². The summed E-state index contributed by atoms with van der Waals surface area (Å²) in [7, 11) is 3.05. The molecule has 2 aromatic rings. The van der Waals surface area contributed by atoms with Gasteiger partial charge >= 0.3 is 5.97 Å². The topological polar surface area (TPSA) is 106 Å². The molecule has 1 saturated heterocycles. The van der Waals surface area contributed by atoms with E-state index in [0.717, 1.165) is 22.8 Å². The smallest absolute Gasteiger partial charge is 0.308 e. The summed E-state index contributed by atoms with van der Waals surface area (Å²) >= 11 is 0. The van der Waals surface area contributed by atoms with E-state index in [9.17, 15) is 14.9 Å². The number of methoxy groups -OCH3 is 2. The van der Waals surface area contributed by atoms with Crippen LogP contribution in [0, 0.1) is 16.0 Å². The number of piperidine rings is 1. The van der Waals surface area contributed by atoms with E-state index in [0.29, 0.717) is 39.0 Å². The van der Waals surface area contributed by atoms with Gasteiger partial charge in [-0.2, -0.15) is 0 Å². The third-order valence-corrected chi connectivity index (χ3v) is 5.50. The molecule has 0 spiro atoms. The Bertz CT molecular complexity index is 936. The number of guanidine groups is 1. The Morgan fingerprint density at radius 2 is 1.72 bits per heavy atom. The van der Waals surface area contributed by atoms with Crippen LogP contribution in [0.25, 0.3) is 0 Å². The zero-order chi connectivity index (χ0) is 22.9. The Hall–Kier alpha value is -3.62. The van der Waals surface area contributed by atoms with Crippen molar-refractivity contribution >= 4 is 17.6 Å². The summed E-state index contributed by atoms with van der Waals surface area (Å²) in [4.78, 5) is 29.2. The zero-order valence-corrected chi connectivity index (χ0v) is 18.3. The molecule has 170 valence electrons. The quantitative estimate of drug-likeness (QED) is 0.232. The highest BCUT2D eigenvalue weighted by atomic mass is 16.6. The van der Waals surface area contributed by atoms with E-state index >= 15 is 0 Å². The number of nitro groups is 1. The largest absolute Gasteiger partial charge is 0.497 e. The van der Waals surface area contributed by atoms with Gasteiger partial charge in [-0.05, 0) is 36.1 Å². The maximum atomic E-state index is 11.8. The van der Waals surface area contributed by atoms with E-state index in [2.05, 4.69) is 10.2 Å². The van der Waals surface area contributed by atoms with E-state index in [1.54, 1.807) is 19.2 Å². The number of ether oxygens (including phenoxy) is 2. The van der Waals surface area contributed by atoms with Gasteiger partial charge in [0.15, 0.2) is 5.96 Å². The molecule has 0 amide bonds. The average Bonchev–Trinajstić information content (AvgIpc) is 2.84. The van der Waals surface area contributed by atoms with Gasteiger partial charge in [0.1, 0.15) is 5.75 Å². The molecule has 0 radical (unpaired) electrons. The van der Waals surface area contributed by atoms with Crippen molar-refractivity contribution in [2.75, 3.05) is 27.3 Å². The van der Waals surface area contributed by atoms with Crippen LogP contribution in [0.2, 0.25) is 0 Å². The number of hydrogen-bond donors (Lipinski definition) is 1. The average molecular weight is 441 g/mol. The highest BCUT2D eigenvalue weighted by molar-refractivity contribution is 5.80. The van der Waals surface area contributed by atoms with E-state index < -0.39 is 4.92 Å². The van der Waals surface area contributed by atoms with Crippen LogP contribution < -0.4 is 10.1 Å². The van der Waals surface area contributed by atoms with Crippen LogP contribution in [0.3, 0.4) is 0 Å². The summed E-state index contributed by atoms with van der Waals surface area (Å²) in [6, 6.07) is 14.2. The van der Waals surface area contributed by atoms with Crippen molar-refractivity contribution in [2.45, 2.75) is 25.9 Å². The second-order valence-corrected chi connectivity index (χ2v) is 7.55. The molecule has 0 saturated carbocycles. The van der Waals surface area contributed by atoms with Crippen molar-refractivity contribution in [1.82, 2.24) is 10.2 Å². The number of nitrogens with one attached hydrogen (secondary N) is 1. The number of esters is 1. The number of carbonyl (C=O) groups is 1. The van der Waals surface area contributed by atoms with Gasteiger partial charge in [0.2, 0.25) is 0 Å². The summed E-state index contributed by atoms with van der Waals surface area (Å²) in [6.45, 7) is 2.35. The molecule has 32 heavy (non-hydrogen) atoms. The molecule has 0 aromatic heterocycles. The molecule has 2 aromatic carbocycles. The summed E-state index contributed by atoms with van der Waals surface area (Å²) < 4.78 is 10.1. The van der Waals surface area contributed by atoms with E-state index in [1.807, 2.05) is 24.3 Å². The van der Waals surface area contributed by atoms with Crippen LogP contribution in [-0.2, 0) is 22.6 Å². The summed E-state index contributed by atoms with van der Waals surface area (Å²) in [5.41, 5.74) is 2.02. The first-order valence-electron chi connectivity index (χ1n) is 10.5. The molecular formula is C23H28N4O5. The molecule has 9 nitrogen and oxygen atoms in total. The molecule has 1 aliphatic rings. The molecule has 9 heteroatoms. The minimum absolute atomic E-state index is 0.0621. The van der Waals surface area contributed by atoms with Crippen LogP contribution in [0.1, 0.15) is 24.0 Å². The molecule has 0 bridgehead atoms. The number of carbonyl (C=O) groups excluding carboxylic acids is 1. The van der Waals surface area contributed by atoms with E-state index in [1.165, 1.54) is 19.2 Å². The highest BCUT2D eigenvalue weighted by Gasteiger charge is 2.27. The third kappa shape index (κ3) is 6.19. The number of aliphatic imine (C=N–C) groups is 1. The van der Waals surface area contributed by atoms with Crippen molar-refractivity contribution in [2.24, 2.45) is 10.9 Å². The number of likely N-dealkylation sites (tertiary alicyclic amines) is 1. The van der Waals surface area contributed by atoms with Crippen LogP contribution in [0.5, 0.6) is 5.75 Å². The molecular weight excluding hydrogens is 412 g/mol. The van der Waals surface area contributed by atoms with Gasteiger partial charge < -0.3 is 19.7 Å². The van der Waals surface area contributed by atoms with Gasteiger partial charge in [-0.1, -0.05) is 24.3 Å². The predicted octanol–water partition coefficient (Wildman–Crippen LogP) is 3.13. The number of benzene rings is 2. The van der Waals surface area contributed by atoms with Crippen LogP contribution >= 0.6 is 0 Å². The number of nitrogens with zero attached hydrogens (tertiary/aromatic N) is 3. The number of hydrogen-bond acceptors (Lipinski definition) is 6. The highest BCUT2D eigenvalue weighted by Crippen LogP contribution is 2.19. The molecule has 1 fully saturated rings. The van der Waals surface area contributed by atoms with Gasteiger partial charge in [-0.25, -0.2) is 4.99 Å². The first-order valence-corrected chi connectivity index (χ1v) is 10.5. The standard InChI is InChI=1S/C23H28N4O5/c1-31-21-9-5-18(6-10-21)16-25-23(26-13-11-19(12-14-26)22(28)32-2)24-15-17-3-7-20(8-4-17)27(29)30/h3-10,19H,11-16H2,1-2H3,(H,24,25). The van der Waals surface area contributed by atoms with Crippen LogP contribution in [0.4, 0.5) is 5.69 Å².